The van der Waals surface area contributed by atoms with Gasteiger partial charge in [-0.05, 0) is 6.92 Å². The van der Waals surface area contributed by atoms with Crippen LogP contribution in [0.15, 0.2) is 30.3 Å². The average molecular weight is 291 g/mol. The Morgan fingerprint density at radius 2 is 1.84 bits per heavy atom. The highest BCUT2D eigenvalue weighted by Gasteiger charge is 2.24. The lowest BCUT2D eigenvalue weighted by atomic mass is 10.1. The summed E-state index contributed by atoms with van der Waals surface area (Å²) in [6, 6.07) is 6.95. The van der Waals surface area contributed by atoms with Crippen LogP contribution in [-0.4, -0.2) is 37.9 Å². The van der Waals surface area contributed by atoms with E-state index in [1.165, 1.54) is 0 Å². The molecule has 0 aromatic heterocycles. The zero-order valence-electron chi connectivity index (χ0n) is 10.7. The van der Waals surface area contributed by atoms with Gasteiger partial charge in [0.2, 0.25) is 0 Å². The van der Waals surface area contributed by atoms with Crippen LogP contribution in [0, 0.1) is 10.1 Å². The number of hydrogen-bond acceptors (Lipinski definition) is 6. The molecule has 1 N–H and O–H groups in total. The van der Waals surface area contributed by atoms with E-state index in [2.05, 4.69) is 4.18 Å². The van der Waals surface area contributed by atoms with Crippen LogP contribution in [0.4, 0.5) is 0 Å². The smallest absolute Gasteiger partial charge is 0.264 e. The fourth-order valence-corrected chi connectivity index (χ4v) is 1.52. The largest absolute Gasteiger partial charge is 0.397 e. The molecular formula is C11H17NO6S. The first-order valence-corrected chi connectivity index (χ1v) is 7.27. The Morgan fingerprint density at radius 3 is 2.21 bits per heavy atom. The molecule has 0 aliphatic heterocycles. The molecule has 0 amide bonds. The average Bonchev–Trinajstić information content (AvgIpc) is 2.29. The molecule has 0 aliphatic rings. The van der Waals surface area contributed by atoms with Gasteiger partial charge in [0, 0.05) is 17.1 Å². The summed E-state index contributed by atoms with van der Waals surface area (Å²) in [5, 5.41) is 18.3. The van der Waals surface area contributed by atoms with Crippen LogP contribution in [0.2, 0.25) is 0 Å². The highest BCUT2D eigenvalue weighted by Crippen LogP contribution is 2.16. The van der Waals surface area contributed by atoms with Crippen LogP contribution in [0.3, 0.4) is 0 Å². The van der Waals surface area contributed by atoms with Crippen molar-refractivity contribution in [1.29, 1.82) is 0 Å². The lowest BCUT2D eigenvalue weighted by molar-refractivity contribution is -0.531. The first-order chi connectivity index (χ1) is 8.81. The van der Waals surface area contributed by atoms with Crippen LogP contribution >= 0.6 is 0 Å². The van der Waals surface area contributed by atoms with Crippen molar-refractivity contribution >= 4 is 10.1 Å². The van der Waals surface area contributed by atoms with Crippen molar-refractivity contribution in [2.24, 2.45) is 0 Å². The van der Waals surface area contributed by atoms with Gasteiger partial charge >= 0.3 is 0 Å². The SMILES string of the molecule is CCO.CS(=O)(=O)OCC(c1ccccc1)[N+](=O)[O-]. The van der Waals surface area contributed by atoms with E-state index < -0.39 is 27.7 Å². The zero-order valence-corrected chi connectivity index (χ0v) is 11.5. The molecule has 1 aromatic rings. The number of hydrogen-bond donors (Lipinski definition) is 1. The molecule has 0 saturated heterocycles. The topological polar surface area (TPSA) is 107 Å². The van der Waals surface area contributed by atoms with Gasteiger partial charge < -0.3 is 5.11 Å². The molecule has 7 nitrogen and oxygen atoms in total. The van der Waals surface area contributed by atoms with E-state index in [1.54, 1.807) is 37.3 Å². The van der Waals surface area contributed by atoms with Gasteiger partial charge in [0.15, 0.2) is 0 Å². The van der Waals surface area contributed by atoms with Crippen molar-refractivity contribution in [2.45, 2.75) is 13.0 Å². The Labute approximate surface area is 112 Å². The lowest BCUT2D eigenvalue weighted by Gasteiger charge is -2.08. The number of aliphatic hydroxyl groups excluding tert-OH is 1. The zero-order chi connectivity index (χ0) is 14.9. The van der Waals surface area contributed by atoms with Crippen LogP contribution in [0.25, 0.3) is 0 Å². The minimum Gasteiger partial charge on any atom is -0.397 e. The lowest BCUT2D eigenvalue weighted by Crippen LogP contribution is -2.19. The minimum atomic E-state index is -3.67. The Kier molecular flexibility index (Phi) is 7.89. The maximum Gasteiger partial charge on any atom is 0.264 e. The molecule has 0 spiro atoms. The van der Waals surface area contributed by atoms with Gasteiger partial charge in [0.1, 0.15) is 6.61 Å². The third-order valence-corrected chi connectivity index (χ3v) is 2.44. The van der Waals surface area contributed by atoms with E-state index in [1.807, 2.05) is 0 Å². The van der Waals surface area contributed by atoms with Crippen molar-refractivity contribution in [3.8, 4) is 0 Å². The third kappa shape index (κ3) is 8.25. The van der Waals surface area contributed by atoms with Crippen molar-refractivity contribution in [2.75, 3.05) is 19.5 Å². The van der Waals surface area contributed by atoms with Crippen molar-refractivity contribution < 1.29 is 22.6 Å². The molecule has 0 heterocycles. The fraction of sp³-hybridized carbons (Fsp3) is 0.455. The first kappa shape index (κ1) is 17.5. The molecule has 0 bridgehead atoms. The maximum absolute atomic E-state index is 10.7. The summed E-state index contributed by atoms with van der Waals surface area (Å²) in [5.41, 5.74) is 0.413. The van der Waals surface area contributed by atoms with Crippen molar-refractivity contribution in [1.82, 2.24) is 0 Å². The molecule has 1 unspecified atom stereocenters. The van der Waals surface area contributed by atoms with Crippen LogP contribution in [0.1, 0.15) is 18.5 Å². The number of nitro groups is 1. The summed E-state index contributed by atoms with van der Waals surface area (Å²) < 4.78 is 25.9. The molecule has 0 aliphatic carbocycles. The van der Waals surface area contributed by atoms with Gasteiger partial charge in [-0.3, -0.25) is 14.3 Å². The normalized spacial score (nSPS) is 12.2. The predicted octanol–water partition coefficient (Wildman–Crippen LogP) is 0.979. The summed E-state index contributed by atoms with van der Waals surface area (Å²) in [6.07, 6.45) is 0.856. The van der Waals surface area contributed by atoms with Gasteiger partial charge in [-0.1, -0.05) is 30.3 Å². The van der Waals surface area contributed by atoms with Gasteiger partial charge in [-0.2, -0.15) is 8.42 Å². The van der Waals surface area contributed by atoms with E-state index in [-0.39, 0.29) is 6.61 Å². The summed E-state index contributed by atoms with van der Waals surface area (Å²) >= 11 is 0. The second kappa shape index (κ2) is 8.57. The number of nitrogens with zero attached hydrogens (tertiary/aromatic N) is 1. The molecule has 0 saturated carbocycles. The summed E-state index contributed by atoms with van der Waals surface area (Å²) in [7, 11) is -3.67. The highest BCUT2D eigenvalue weighted by atomic mass is 32.2. The molecule has 8 heteroatoms. The molecule has 0 radical (unpaired) electrons. The Bertz CT molecular complexity index is 473. The molecular weight excluding hydrogens is 274 g/mol. The molecule has 1 atom stereocenters. The Hall–Kier alpha value is -1.51. The molecule has 0 fully saturated rings. The number of rotatable bonds is 5. The minimum absolute atomic E-state index is 0.250. The van der Waals surface area contributed by atoms with Gasteiger partial charge in [-0.15, -0.1) is 0 Å². The summed E-state index contributed by atoms with van der Waals surface area (Å²) in [4.78, 5) is 10.2. The van der Waals surface area contributed by atoms with Crippen molar-refractivity contribution in [3.63, 3.8) is 0 Å². The highest BCUT2D eigenvalue weighted by molar-refractivity contribution is 7.85. The van der Waals surface area contributed by atoms with E-state index in [9.17, 15) is 18.5 Å². The predicted molar refractivity (Wildman–Crippen MR) is 69.7 cm³/mol. The van der Waals surface area contributed by atoms with Crippen LogP contribution < -0.4 is 0 Å². The standard InChI is InChI=1S/C9H11NO5S.C2H6O/c1-16(13,14)15-7-9(10(11)12)8-5-3-2-4-6-8;1-2-3/h2-6,9H,7H2,1H3;3H,2H2,1H3. The van der Waals surface area contributed by atoms with E-state index in [4.69, 9.17) is 5.11 Å². The Morgan fingerprint density at radius 1 is 1.37 bits per heavy atom. The van der Waals surface area contributed by atoms with Gasteiger partial charge in [-0.25, -0.2) is 0 Å². The van der Waals surface area contributed by atoms with Crippen molar-refractivity contribution in [3.05, 3.63) is 46.0 Å². The molecule has 19 heavy (non-hydrogen) atoms. The second-order valence-corrected chi connectivity index (χ2v) is 5.16. The monoisotopic (exact) mass is 291 g/mol. The molecule has 1 aromatic carbocycles. The van der Waals surface area contributed by atoms with Crippen LogP contribution in [0.5, 0.6) is 0 Å². The second-order valence-electron chi connectivity index (χ2n) is 3.52. The third-order valence-electron chi connectivity index (χ3n) is 1.88. The fourth-order valence-electron chi connectivity index (χ4n) is 1.14. The van der Waals surface area contributed by atoms with E-state index in [0.29, 0.717) is 5.56 Å². The van der Waals surface area contributed by atoms with E-state index in [0.717, 1.165) is 6.26 Å². The number of aliphatic hydroxyl groups is 1. The first-order valence-electron chi connectivity index (χ1n) is 5.45. The Balaban J connectivity index is 0.000000982. The maximum atomic E-state index is 10.7. The number of benzene rings is 1. The van der Waals surface area contributed by atoms with Gasteiger partial charge in [0.25, 0.3) is 16.2 Å². The summed E-state index contributed by atoms with van der Waals surface area (Å²) in [5.74, 6) is 0. The molecule has 1 rings (SSSR count). The molecule has 108 valence electrons. The summed E-state index contributed by atoms with van der Waals surface area (Å²) in [6.45, 7) is 1.44. The quantitative estimate of drug-likeness (QED) is 0.492. The van der Waals surface area contributed by atoms with Gasteiger partial charge in [0.05, 0.1) is 6.26 Å². The van der Waals surface area contributed by atoms with Crippen LogP contribution in [-0.2, 0) is 14.3 Å². The van der Waals surface area contributed by atoms with E-state index >= 15 is 0 Å².